The van der Waals surface area contributed by atoms with Crippen molar-refractivity contribution in [3.63, 3.8) is 0 Å². The first-order valence-electron chi connectivity index (χ1n) is 4.54. The van der Waals surface area contributed by atoms with Crippen LogP contribution in [0, 0.1) is 5.92 Å². The van der Waals surface area contributed by atoms with Gasteiger partial charge in [-0.15, -0.1) is 0 Å². The second-order valence-electron chi connectivity index (χ2n) is 3.82. The van der Waals surface area contributed by atoms with Gasteiger partial charge in [-0.2, -0.15) is 0 Å². The zero-order valence-electron chi connectivity index (χ0n) is 8.87. The van der Waals surface area contributed by atoms with Gasteiger partial charge in [0.05, 0.1) is 6.10 Å². The van der Waals surface area contributed by atoms with Gasteiger partial charge in [0.25, 0.3) is 0 Å². The van der Waals surface area contributed by atoms with Crippen LogP contribution in [0.4, 0.5) is 0 Å². The van der Waals surface area contributed by atoms with Crippen LogP contribution in [0.1, 0.15) is 13.8 Å². The molecule has 0 aliphatic carbocycles. The maximum atomic E-state index is 11.1. The van der Waals surface area contributed by atoms with Gasteiger partial charge >= 0.3 is 0 Å². The minimum Gasteiger partial charge on any atom is -0.390 e. The smallest absolute Gasteiger partial charge is 0.222 e. The van der Waals surface area contributed by atoms with Crippen molar-refractivity contribution >= 4 is 5.91 Å². The zero-order valence-corrected chi connectivity index (χ0v) is 8.87. The molecule has 4 nitrogen and oxygen atoms in total. The third-order valence-electron chi connectivity index (χ3n) is 1.61. The monoisotopic (exact) mass is 188 g/mol. The SMILES string of the molecule is CC(C)C(=O)NC[C@H](O)CN(C)C. The van der Waals surface area contributed by atoms with Gasteiger partial charge in [-0.05, 0) is 14.1 Å². The molecular weight excluding hydrogens is 168 g/mol. The average molecular weight is 188 g/mol. The van der Waals surface area contributed by atoms with Crippen molar-refractivity contribution in [3.05, 3.63) is 0 Å². The van der Waals surface area contributed by atoms with Crippen molar-refractivity contribution in [3.8, 4) is 0 Å². The van der Waals surface area contributed by atoms with Crippen LogP contribution in [-0.2, 0) is 4.79 Å². The number of rotatable bonds is 5. The topological polar surface area (TPSA) is 52.6 Å². The molecule has 0 fully saturated rings. The van der Waals surface area contributed by atoms with Gasteiger partial charge < -0.3 is 15.3 Å². The summed E-state index contributed by atoms with van der Waals surface area (Å²) in [6.07, 6.45) is -0.488. The lowest BCUT2D eigenvalue weighted by Crippen LogP contribution is -2.39. The molecule has 0 aromatic heterocycles. The largest absolute Gasteiger partial charge is 0.390 e. The van der Waals surface area contributed by atoms with Crippen LogP contribution >= 0.6 is 0 Å². The van der Waals surface area contributed by atoms with E-state index in [0.717, 1.165) is 0 Å². The Balaban J connectivity index is 3.58. The third-order valence-corrected chi connectivity index (χ3v) is 1.61. The zero-order chi connectivity index (χ0) is 10.4. The van der Waals surface area contributed by atoms with E-state index in [4.69, 9.17) is 0 Å². The van der Waals surface area contributed by atoms with Gasteiger partial charge in [0.15, 0.2) is 0 Å². The quantitative estimate of drug-likeness (QED) is 0.622. The van der Waals surface area contributed by atoms with E-state index in [1.807, 2.05) is 32.8 Å². The Hall–Kier alpha value is -0.610. The summed E-state index contributed by atoms with van der Waals surface area (Å²) in [5, 5.41) is 12.1. The number of aliphatic hydroxyl groups is 1. The molecular formula is C9H20N2O2. The molecule has 0 radical (unpaired) electrons. The summed E-state index contributed by atoms with van der Waals surface area (Å²) in [7, 11) is 3.76. The number of hydrogen-bond donors (Lipinski definition) is 2. The minimum atomic E-state index is -0.488. The van der Waals surface area contributed by atoms with Gasteiger partial charge in [0.2, 0.25) is 5.91 Å². The molecule has 0 bridgehead atoms. The fraction of sp³-hybridized carbons (Fsp3) is 0.889. The van der Waals surface area contributed by atoms with Crippen molar-refractivity contribution in [1.29, 1.82) is 0 Å². The van der Waals surface area contributed by atoms with Gasteiger partial charge in [-0.3, -0.25) is 4.79 Å². The Bertz CT molecular complexity index is 158. The summed E-state index contributed by atoms with van der Waals surface area (Å²) in [4.78, 5) is 13.0. The molecule has 0 aliphatic heterocycles. The number of amides is 1. The summed E-state index contributed by atoms with van der Waals surface area (Å²) >= 11 is 0. The maximum Gasteiger partial charge on any atom is 0.222 e. The molecule has 1 atom stereocenters. The molecule has 1 amide bonds. The number of aliphatic hydroxyl groups excluding tert-OH is 1. The highest BCUT2D eigenvalue weighted by atomic mass is 16.3. The van der Waals surface area contributed by atoms with Crippen molar-refractivity contribution < 1.29 is 9.90 Å². The first-order chi connectivity index (χ1) is 5.93. The maximum absolute atomic E-state index is 11.1. The molecule has 78 valence electrons. The van der Waals surface area contributed by atoms with Gasteiger partial charge in [-0.1, -0.05) is 13.8 Å². The van der Waals surface area contributed by atoms with E-state index in [2.05, 4.69) is 5.32 Å². The Labute approximate surface area is 79.9 Å². The summed E-state index contributed by atoms with van der Waals surface area (Å²) in [5.41, 5.74) is 0. The molecule has 0 spiro atoms. The van der Waals surface area contributed by atoms with Crippen LogP contribution in [0.2, 0.25) is 0 Å². The number of carbonyl (C=O) groups is 1. The first-order valence-corrected chi connectivity index (χ1v) is 4.54. The lowest BCUT2D eigenvalue weighted by Gasteiger charge is -2.16. The minimum absolute atomic E-state index is 0.0159. The van der Waals surface area contributed by atoms with Crippen LogP contribution < -0.4 is 5.32 Å². The molecule has 13 heavy (non-hydrogen) atoms. The van der Waals surface area contributed by atoms with E-state index in [9.17, 15) is 9.90 Å². The number of carbonyl (C=O) groups excluding carboxylic acids is 1. The number of nitrogens with one attached hydrogen (secondary N) is 1. The lowest BCUT2D eigenvalue weighted by molar-refractivity contribution is -0.124. The van der Waals surface area contributed by atoms with E-state index < -0.39 is 6.10 Å². The normalized spacial score (nSPS) is 13.5. The Kier molecular flexibility index (Phi) is 5.66. The number of hydrogen-bond acceptors (Lipinski definition) is 3. The number of nitrogens with zero attached hydrogens (tertiary/aromatic N) is 1. The highest BCUT2D eigenvalue weighted by Gasteiger charge is 2.09. The highest BCUT2D eigenvalue weighted by molar-refractivity contribution is 5.77. The Morgan fingerprint density at radius 3 is 2.38 bits per heavy atom. The molecule has 0 rings (SSSR count). The van der Waals surface area contributed by atoms with Crippen LogP contribution in [0.25, 0.3) is 0 Å². The second kappa shape index (κ2) is 5.94. The fourth-order valence-electron chi connectivity index (χ4n) is 0.909. The molecule has 4 heteroatoms. The fourth-order valence-corrected chi connectivity index (χ4v) is 0.909. The van der Waals surface area contributed by atoms with E-state index in [-0.39, 0.29) is 11.8 Å². The summed E-state index contributed by atoms with van der Waals surface area (Å²) in [5.74, 6) is -0.0376. The van der Waals surface area contributed by atoms with Crippen LogP contribution in [0.5, 0.6) is 0 Å². The van der Waals surface area contributed by atoms with E-state index in [0.29, 0.717) is 13.1 Å². The second-order valence-corrected chi connectivity index (χ2v) is 3.82. The summed E-state index contributed by atoms with van der Waals surface area (Å²) in [6.45, 7) is 4.55. The highest BCUT2D eigenvalue weighted by Crippen LogP contribution is 1.91. The molecule has 0 unspecified atom stereocenters. The summed E-state index contributed by atoms with van der Waals surface area (Å²) < 4.78 is 0. The molecule has 0 heterocycles. The van der Waals surface area contributed by atoms with E-state index in [1.165, 1.54) is 0 Å². The average Bonchev–Trinajstić information content (AvgIpc) is 1.98. The van der Waals surface area contributed by atoms with Crippen LogP contribution in [0.15, 0.2) is 0 Å². The van der Waals surface area contributed by atoms with Crippen molar-refractivity contribution in [1.82, 2.24) is 10.2 Å². The Morgan fingerprint density at radius 1 is 1.46 bits per heavy atom. The molecule has 0 saturated carbocycles. The van der Waals surface area contributed by atoms with Crippen LogP contribution in [-0.4, -0.2) is 49.2 Å². The lowest BCUT2D eigenvalue weighted by atomic mass is 10.2. The van der Waals surface area contributed by atoms with Crippen molar-refractivity contribution in [2.24, 2.45) is 5.92 Å². The molecule has 0 aromatic rings. The van der Waals surface area contributed by atoms with Gasteiger partial charge in [-0.25, -0.2) is 0 Å². The van der Waals surface area contributed by atoms with E-state index >= 15 is 0 Å². The Morgan fingerprint density at radius 2 is 2.00 bits per heavy atom. The molecule has 0 saturated heterocycles. The van der Waals surface area contributed by atoms with Gasteiger partial charge in [0.1, 0.15) is 0 Å². The molecule has 2 N–H and O–H groups in total. The predicted molar refractivity (Wildman–Crippen MR) is 52.4 cm³/mol. The third kappa shape index (κ3) is 6.54. The number of likely N-dealkylation sites (N-methyl/N-ethyl adjacent to an activating group) is 1. The van der Waals surface area contributed by atoms with E-state index in [1.54, 1.807) is 0 Å². The molecule has 0 aliphatic rings. The van der Waals surface area contributed by atoms with Crippen molar-refractivity contribution in [2.75, 3.05) is 27.2 Å². The molecule has 0 aromatic carbocycles. The first kappa shape index (κ1) is 12.4. The standard InChI is InChI=1S/C9H20N2O2/c1-7(2)9(13)10-5-8(12)6-11(3)4/h7-8,12H,5-6H2,1-4H3,(H,10,13)/t8-/m0/s1. The summed E-state index contributed by atoms with van der Waals surface area (Å²) in [6, 6.07) is 0. The predicted octanol–water partition coefficient (Wildman–Crippen LogP) is -0.319. The van der Waals surface area contributed by atoms with Crippen molar-refractivity contribution in [2.45, 2.75) is 20.0 Å². The van der Waals surface area contributed by atoms with Crippen LogP contribution in [0.3, 0.4) is 0 Å². The van der Waals surface area contributed by atoms with Gasteiger partial charge in [0, 0.05) is 19.0 Å².